The maximum Gasteiger partial charge on any atom is 0.416 e. The molecule has 0 aliphatic carbocycles. The smallest absolute Gasteiger partial charge is 0.390 e. The molecule has 0 aliphatic heterocycles. The van der Waals surface area contributed by atoms with E-state index >= 15 is 0 Å². The first-order chi connectivity index (χ1) is 9.52. The minimum absolute atomic E-state index is 0.257. The van der Waals surface area contributed by atoms with Gasteiger partial charge in [-0.2, -0.15) is 13.2 Å². The van der Waals surface area contributed by atoms with Crippen molar-refractivity contribution in [2.24, 2.45) is 11.8 Å². The minimum Gasteiger partial charge on any atom is -0.390 e. The Morgan fingerprint density at radius 3 is 1.95 bits per heavy atom. The van der Waals surface area contributed by atoms with Gasteiger partial charge >= 0.3 is 6.18 Å². The molecular weight excluding hydrogens is 277 g/mol. The Bertz CT molecular complexity index is 440. The molecule has 0 saturated heterocycles. The normalized spacial score (nSPS) is 13.2. The zero-order valence-electron chi connectivity index (χ0n) is 13.2. The van der Waals surface area contributed by atoms with Crippen LogP contribution in [0.2, 0.25) is 0 Å². The lowest BCUT2D eigenvalue weighted by molar-refractivity contribution is -0.137. The summed E-state index contributed by atoms with van der Waals surface area (Å²) >= 11 is 0. The molecule has 1 nitrogen and oxygen atoms in total. The average Bonchev–Trinajstić information content (AvgIpc) is 2.24. The van der Waals surface area contributed by atoms with Crippen molar-refractivity contribution in [1.82, 2.24) is 0 Å². The highest BCUT2D eigenvalue weighted by Crippen LogP contribution is 2.32. The molecule has 0 atom stereocenters. The van der Waals surface area contributed by atoms with Crippen molar-refractivity contribution in [3.63, 3.8) is 0 Å². The van der Waals surface area contributed by atoms with E-state index in [1.54, 1.807) is 6.07 Å². The zero-order chi connectivity index (χ0) is 16.3. The fourth-order valence-corrected chi connectivity index (χ4v) is 2.99. The van der Waals surface area contributed by atoms with Crippen molar-refractivity contribution in [3.8, 4) is 0 Å². The number of hydrogen-bond donors (Lipinski definition) is 1. The maximum absolute atomic E-state index is 12.8. The fraction of sp³-hybridized carbons (Fsp3) is 0.647. The molecule has 0 aromatic heterocycles. The number of rotatable bonds is 6. The van der Waals surface area contributed by atoms with Crippen LogP contribution in [-0.2, 0) is 12.6 Å². The molecule has 21 heavy (non-hydrogen) atoms. The highest BCUT2D eigenvalue weighted by molar-refractivity contribution is 5.26. The van der Waals surface area contributed by atoms with Crippen molar-refractivity contribution >= 4 is 0 Å². The number of halogens is 3. The van der Waals surface area contributed by atoms with E-state index in [0.29, 0.717) is 30.2 Å². The van der Waals surface area contributed by atoms with Gasteiger partial charge in [-0.3, -0.25) is 0 Å². The molecule has 0 spiro atoms. The second-order valence-electron chi connectivity index (χ2n) is 6.80. The van der Waals surface area contributed by atoms with E-state index in [1.165, 1.54) is 6.07 Å². The molecule has 0 bridgehead atoms. The van der Waals surface area contributed by atoms with E-state index in [0.717, 1.165) is 12.1 Å². The molecule has 0 fully saturated rings. The van der Waals surface area contributed by atoms with Crippen LogP contribution in [0, 0.1) is 11.8 Å². The molecule has 0 saturated carbocycles. The Morgan fingerprint density at radius 2 is 1.52 bits per heavy atom. The van der Waals surface area contributed by atoms with Gasteiger partial charge in [-0.25, -0.2) is 0 Å². The fourth-order valence-electron chi connectivity index (χ4n) is 2.99. The molecular formula is C17H25F3O. The molecule has 1 aromatic carbocycles. The van der Waals surface area contributed by atoms with Crippen LogP contribution < -0.4 is 0 Å². The van der Waals surface area contributed by atoms with E-state index in [4.69, 9.17) is 0 Å². The van der Waals surface area contributed by atoms with Crippen LogP contribution in [-0.4, -0.2) is 10.7 Å². The average molecular weight is 302 g/mol. The maximum atomic E-state index is 12.8. The van der Waals surface area contributed by atoms with Gasteiger partial charge in [-0.15, -0.1) is 0 Å². The third-order valence-corrected chi connectivity index (χ3v) is 3.36. The van der Waals surface area contributed by atoms with Crippen molar-refractivity contribution in [3.05, 3.63) is 35.4 Å². The van der Waals surface area contributed by atoms with Gasteiger partial charge in [0.25, 0.3) is 0 Å². The molecule has 1 rings (SSSR count). The van der Waals surface area contributed by atoms with Gasteiger partial charge in [0.05, 0.1) is 11.2 Å². The Kier molecular flexibility index (Phi) is 5.85. The molecule has 1 aromatic rings. The molecule has 0 heterocycles. The van der Waals surface area contributed by atoms with Gasteiger partial charge in [0, 0.05) is 6.42 Å². The summed E-state index contributed by atoms with van der Waals surface area (Å²) in [4.78, 5) is 0. The molecule has 1 N–H and O–H groups in total. The summed E-state index contributed by atoms with van der Waals surface area (Å²) in [6.07, 6.45) is -2.92. The molecule has 0 unspecified atom stereocenters. The summed E-state index contributed by atoms with van der Waals surface area (Å²) in [6, 6.07) is 5.27. The first kappa shape index (κ1) is 18.0. The van der Waals surface area contributed by atoms with Crippen LogP contribution in [0.25, 0.3) is 0 Å². The molecule has 0 amide bonds. The van der Waals surface area contributed by atoms with Crippen LogP contribution in [0.1, 0.15) is 51.7 Å². The van der Waals surface area contributed by atoms with E-state index in [2.05, 4.69) is 0 Å². The predicted molar refractivity (Wildman–Crippen MR) is 79.0 cm³/mol. The Hall–Kier alpha value is -1.03. The third kappa shape index (κ3) is 6.08. The standard InChI is InChI=1S/C17H25F3O/c1-12(2)9-16(21,10-13(3)4)11-14-6-5-7-15(8-14)17(18,19)20/h5-8,12-13,21H,9-11H2,1-4H3. The van der Waals surface area contributed by atoms with Crippen molar-refractivity contribution in [1.29, 1.82) is 0 Å². The molecule has 120 valence electrons. The van der Waals surface area contributed by atoms with E-state index < -0.39 is 17.3 Å². The predicted octanol–water partition coefficient (Wildman–Crippen LogP) is 5.07. The lowest BCUT2D eigenvalue weighted by atomic mass is 9.80. The van der Waals surface area contributed by atoms with Gasteiger partial charge in [-0.05, 0) is 36.3 Å². The van der Waals surface area contributed by atoms with E-state index in [9.17, 15) is 18.3 Å². The molecule has 0 aliphatic rings. The number of alkyl halides is 3. The largest absolute Gasteiger partial charge is 0.416 e. The van der Waals surface area contributed by atoms with Crippen LogP contribution in [0.4, 0.5) is 13.2 Å². The second kappa shape index (κ2) is 6.82. The third-order valence-electron chi connectivity index (χ3n) is 3.36. The van der Waals surface area contributed by atoms with Crippen molar-refractivity contribution in [2.45, 2.75) is 58.7 Å². The summed E-state index contributed by atoms with van der Waals surface area (Å²) in [5.41, 5.74) is -1.07. The Morgan fingerprint density at radius 1 is 1.00 bits per heavy atom. The van der Waals surface area contributed by atoms with Gasteiger partial charge in [-0.1, -0.05) is 45.9 Å². The van der Waals surface area contributed by atoms with Crippen LogP contribution >= 0.6 is 0 Å². The first-order valence-electron chi connectivity index (χ1n) is 7.40. The molecule has 4 heteroatoms. The van der Waals surface area contributed by atoms with Crippen LogP contribution in [0.15, 0.2) is 24.3 Å². The highest BCUT2D eigenvalue weighted by Gasteiger charge is 2.33. The summed E-state index contributed by atoms with van der Waals surface area (Å²) in [5, 5.41) is 10.8. The second-order valence-corrected chi connectivity index (χ2v) is 6.80. The van der Waals surface area contributed by atoms with Crippen LogP contribution in [0.5, 0.6) is 0 Å². The monoisotopic (exact) mass is 302 g/mol. The first-order valence-corrected chi connectivity index (χ1v) is 7.40. The van der Waals surface area contributed by atoms with E-state index in [1.807, 2.05) is 27.7 Å². The van der Waals surface area contributed by atoms with Gasteiger partial charge in [0.2, 0.25) is 0 Å². The quantitative estimate of drug-likeness (QED) is 0.777. The summed E-state index contributed by atoms with van der Waals surface area (Å²) < 4.78 is 38.3. The van der Waals surface area contributed by atoms with Gasteiger partial charge in [0.1, 0.15) is 0 Å². The topological polar surface area (TPSA) is 20.2 Å². The lowest BCUT2D eigenvalue weighted by Crippen LogP contribution is -2.35. The van der Waals surface area contributed by atoms with Crippen LogP contribution in [0.3, 0.4) is 0 Å². The number of hydrogen-bond acceptors (Lipinski definition) is 1. The van der Waals surface area contributed by atoms with E-state index in [-0.39, 0.29) is 6.42 Å². The number of benzene rings is 1. The SMILES string of the molecule is CC(C)CC(O)(Cc1cccc(C(F)(F)F)c1)CC(C)C. The summed E-state index contributed by atoms with van der Waals surface area (Å²) in [7, 11) is 0. The zero-order valence-corrected chi connectivity index (χ0v) is 13.2. The Balaban J connectivity index is 2.98. The van der Waals surface area contributed by atoms with Crippen molar-refractivity contribution < 1.29 is 18.3 Å². The highest BCUT2D eigenvalue weighted by atomic mass is 19.4. The Labute approximate surface area is 125 Å². The minimum atomic E-state index is -4.34. The molecule has 0 radical (unpaired) electrons. The van der Waals surface area contributed by atoms with Crippen molar-refractivity contribution in [2.75, 3.05) is 0 Å². The summed E-state index contributed by atoms with van der Waals surface area (Å²) in [6.45, 7) is 8.05. The van der Waals surface area contributed by atoms with Gasteiger partial charge in [0.15, 0.2) is 0 Å². The number of aliphatic hydroxyl groups is 1. The summed E-state index contributed by atoms with van der Waals surface area (Å²) in [5.74, 6) is 0.582. The van der Waals surface area contributed by atoms with Gasteiger partial charge < -0.3 is 5.11 Å². The lowest BCUT2D eigenvalue weighted by Gasteiger charge is -2.32.